The van der Waals surface area contributed by atoms with Crippen molar-refractivity contribution in [2.75, 3.05) is 18.0 Å². The van der Waals surface area contributed by atoms with Gasteiger partial charge < -0.3 is 10.0 Å². The van der Waals surface area contributed by atoms with Gasteiger partial charge in [0.15, 0.2) is 0 Å². The summed E-state index contributed by atoms with van der Waals surface area (Å²) in [5, 5.41) is 24.2. The lowest BCUT2D eigenvalue weighted by molar-refractivity contribution is -0.384. The number of aliphatic carboxylic acids is 1. The molecule has 8 nitrogen and oxygen atoms in total. The van der Waals surface area contributed by atoms with Crippen molar-refractivity contribution in [3.63, 3.8) is 0 Å². The molecule has 0 saturated carbocycles. The molecule has 0 aliphatic rings. The van der Waals surface area contributed by atoms with Crippen LogP contribution in [0.3, 0.4) is 0 Å². The molecule has 1 rings (SSSR count). The van der Waals surface area contributed by atoms with E-state index in [1.807, 2.05) is 13.8 Å². The number of aromatic nitrogens is 2. The van der Waals surface area contributed by atoms with Crippen LogP contribution in [0.25, 0.3) is 0 Å². The average molecular weight is 270 g/mol. The Labute approximate surface area is 110 Å². The van der Waals surface area contributed by atoms with E-state index in [0.717, 1.165) is 0 Å². The molecule has 0 atom stereocenters. The Morgan fingerprint density at radius 2 is 2.16 bits per heavy atom. The number of nitro groups is 1. The molecule has 0 amide bonds. The first-order chi connectivity index (χ1) is 8.92. The Kier molecular flexibility index (Phi) is 4.85. The third-order valence-corrected chi connectivity index (χ3v) is 2.67. The van der Waals surface area contributed by atoms with E-state index in [1.165, 1.54) is 9.58 Å². The van der Waals surface area contributed by atoms with Crippen LogP contribution in [-0.2, 0) is 11.3 Å². The van der Waals surface area contributed by atoms with Gasteiger partial charge in [-0.1, -0.05) is 6.92 Å². The number of nitrogens with zero attached hydrogens (tertiary/aromatic N) is 4. The Hall–Kier alpha value is -2.12. The van der Waals surface area contributed by atoms with E-state index in [1.54, 1.807) is 6.92 Å². The van der Waals surface area contributed by atoms with Gasteiger partial charge in [0, 0.05) is 13.1 Å². The number of carboxylic acid groups (broad SMARTS) is 1. The molecular formula is C11H18N4O4. The SMILES string of the molecule is CCCN(CC(=O)O)c1c([N+](=O)[O-])c(C)nn1CC. The summed E-state index contributed by atoms with van der Waals surface area (Å²) >= 11 is 0. The standard InChI is InChI=1S/C11H18N4O4/c1-4-6-13(7-9(16)17)11-10(15(18)19)8(3)12-14(11)5-2/h4-7H2,1-3H3,(H,16,17). The molecule has 1 N–H and O–H groups in total. The van der Waals surface area contributed by atoms with Crippen LogP contribution in [0.4, 0.5) is 11.5 Å². The summed E-state index contributed by atoms with van der Waals surface area (Å²) in [6.45, 7) is 5.85. The first-order valence-electron chi connectivity index (χ1n) is 6.10. The summed E-state index contributed by atoms with van der Waals surface area (Å²) < 4.78 is 1.48. The topological polar surface area (TPSA) is 102 Å². The molecule has 19 heavy (non-hydrogen) atoms. The fourth-order valence-corrected chi connectivity index (χ4v) is 2.00. The van der Waals surface area contributed by atoms with Crippen molar-refractivity contribution in [2.24, 2.45) is 0 Å². The van der Waals surface area contributed by atoms with Crippen LogP contribution in [0, 0.1) is 17.0 Å². The zero-order valence-electron chi connectivity index (χ0n) is 11.3. The number of hydrogen-bond donors (Lipinski definition) is 1. The molecule has 0 fully saturated rings. The van der Waals surface area contributed by atoms with Gasteiger partial charge in [0.05, 0.1) is 4.92 Å². The van der Waals surface area contributed by atoms with Crippen LogP contribution in [-0.4, -0.2) is 38.9 Å². The second kappa shape index (κ2) is 6.17. The van der Waals surface area contributed by atoms with E-state index in [2.05, 4.69) is 5.10 Å². The summed E-state index contributed by atoms with van der Waals surface area (Å²) in [6.07, 6.45) is 0.693. The number of carboxylic acids is 1. The fourth-order valence-electron chi connectivity index (χ4n) is 2.00. The summed E-state index contributed by atoms with van der Waals surface area (Å²) in [5.74, 6) is -0.751. The van der Waals surface area contributed by atoms with Crippen LogP contribution in [0.2, 0.25) is 0 Å². The summed E-state index contributed by atoms with van der Waals surface area (Å²) in [6, 6.07) is 0. The predicted octanol–water partition coefficient (Wildman–Crippen LogP) is 1.42. The number of hydrogen-bond acceptors (Lipinski definition) is 5. The maximum atomic E-state index is 11.1. The van der Waals surface area contributed by atoms with Crippen LogP contribution < -0.4 is 4.90 Å². The van der Waals surface area contributed by atoms with E-state index in [0.29, 0.717) is 25.2 Å². The largest absolute Gasteiger partial charge is 0.480 e. The minimum atomic E-state index is -1.02. The summed E-state index contributed by atoms with van der Waals surface area (Å²) in [7, 11) is 0. The highest BCUT2D eigenvalue weighted by Gasteiger charge is 2.29. The Balaban J connectivity index is 3.33. The lowest BCUT2D eigenvalue weighted by Gasteiger charge is -2.21. The molecular weight excluding hydrogens is 252 g/mol. The zero-order chi connectivity index (χ0) is 14.6. The molecule has 0 radical (unpaired) electrons. The molecule has 0 saturated heterocycles. The first kappa shape index (κ1) is 14.9. The van der Waals surface area contributed by atoms with Crippen molar-refractivity contribution in [2.45, 2.75) is 33.7 Å². The quantitative estimate of drug-likeness (QED) is 0.594. The first-order valence-corrected chi connectivity index (χ1v) is 6.10. The van der Waals surface area contributed by atoms with Crippen molar-refractivity contribution >= 4 is 17.5 Å². The molecule has 0 spiro atoms. The molecule has 0 aliphatic heterocycles. The van der Waals surface area contributed by atoms with Gasteiger partial charge >= 0.3 is 11.7 Å². The monoisotopic (exact) mass is 270 g/mol. The second-order valence-corrected chi connectivity index (χ2v) is 4.15. The highest BCUT2D eigenvalue weighted by atomic mass is 16.6. The normalized spacial score (nSPS) is 10.5. The van der Waals surface area contributed by atoms with Gasteiger partial charge in [-0.2, -0.15) is 5.10 Å². The molecule has 1 aromatic heterocycles. The van der Waals surface area contributed by atoms with Crippen LogP contribution in [0.1, 0.15) is 26.0 Å². The fraction of sp³-hybridized carbons (Fsp3) is 0.636. The average Bonchev–Trinajstić information content (AvgIpc) is 2.64. The molecule has 1 aromatic rings. The maximum absolute atomic E-state index is 11.1. The van der Waals surface area contributed by atoms with Gasteiger partial charge in [0.2, 0.25) is 5.82 Å². The van der Waals surface area contributed by atoms with Gasteiger partial charge in [0.25, 0.3) is 0 Å². The van der Waals surface area contributed by atoms with E-state index < -0.39 is 10.9 Å². The highest BCUT2D eigenvalue weighted by molar-refractivity contribution is 5.75. The molecule has 0 aliphatic carbocycles. The Bertz CT molecular complexity index is 483. The second-order valence-electron chi connectivity index (χ2n) is 4.15. The van der Waals surface area contributed by atoms with E-state index in [4.69, 9.17) is 5.11 Å². The molecule has 106 valence electrons. The van der Waals surface area contributed by atoms with Crippen molar-refractivity contribution in [1.82, 2.24) is 9.78 Å². The van der Waals surface area contributed by atoms with Crippen LogP contribution in [0.5, 0.6) is 0 Å². The number of anilines is 1. The summed E-state index contributed by atoms with van der Waals surface area (Å²) in [4.78, 5) is 23.0. The number of carbonyl (C=O) groups is 1. The van der Waals surface area contributed by atoms with Gasteiger partial charge in [-0.3, -0.25) is 14.9 Å². The number of aryl methyl sites for hydroxylation is 2. The highest BCUT2D eigenvalue weighted by Crippen LogP contribution is 2.31. The third-order valence-electron chi connectivity index (χ3n) is 2.67. The molecule has 0 bridgehead atoms. The van der Waals surface area contributed by atoms with Crippen LogP contribution in [0.15, 0.2) is 0 Å². The lowest BCUT2D eigenvalue weighted by atomic mass is 10.3. The Morgan fingerprint density at radius 1 is 1.53 bits per heavy atom. The van der Waals surface area contributed by atoms with Crippen molar-refractivity contribution in [3.05, 3.63) is 15.8 Å². The van der Waals surface area contributed by atoms with E-state index >= 15 is 0 Å². The summed E-state index contributed by atoms with van der Waals surface area (Å²) in [5.41, 5.74) is 0.185. The zero-order valence-corrected chi connectivity index (χ0v) is 11.3. The van der Waals surface area contributed by atoms with Crippen molar-refractivity contribution < 1.29 is 14.8 Å². The maximum Gasteiger partial charge on any atom is 0.333 e. The smallest absolute Gasteiger partial charge is 0.333 e. The van der Waals surface area contributed by atoms with E-state index in [-0.39, 0.29) is 18.1 Å². The minimum Gasteiger partial charge on any atom is -0.480 e. The van der Waals surface area contributed by atoms with Crippen molar-refractivity contribution in [1.29, 1.82) is 0 Å². The van der Waals surface area contributed by atoms with Gasteiger partial charge in [-0.25, -0.2) is 4.68 Å². The third kappa shape index (κ3) is 3.21. The van der Waals surface area contributed by atoms with Crippen LogP contribution >= 0.6 is 0 Å². The van der Waals surface area contributed by atoms with E-state index in [9.17, 15) is 14.9 Å². The lowest BCUT2D eigenvalue weighted by Crippen LogP contribution is -2.32. The van der Waals surface area contributed by atoms with Gasteiger partial charge in [-0.05, 0) is 20.3 Å². The number of rotatable bonds is 7. The van der Waals surface area contributed by atoms with Gasteiger partial charge in [-0.15, -0.1) is 0 Å². The molecule has 1 heterocycles. The molecule has 0 aromatic carbocycles. The van der Waals surface area contributed by atoms with Gasteiger partial charge in [0.1, 0.15) is 12.2 Å². The molecule has 0 unspecified atom stereocenters. The Morgan fingerprint density at radius 3 is 2.58 bits per heavy atom. The molecule has 8 heteroatoms. The minimum absolute atomic E-state index is 0.114. The predicted molar refractivity (Wildman–Crippen MR) is 69.4 cm³/mol. The van der Waals surface area contributed by atoms with Crippen molar-refractivity contribution in [3.8, 4) is 0 Å².